The van der Waals surface area contributed by atoms with Crippen molar-refractivity contribution in [1.82, 2.24) is 5.32 Å². The molecule has 0 bridgehead atoms. The van der Waals surface area contributed by atoms with E-state index in [1.54, 1.807) is 12.3 Å². The summed E-state index contributed by atoms with van der Waals surface area (Å²) in [6.45, 7) is 0.587. The maximum atomic E-state index is 12.6. The maximum absolute atomic E-state index is 12.6. The van der Waals surface area contributed by atoms with Crippen molar-refractivity contribution in [2.75, 3.05) is 18.6 Å². The van der Waals surface area contributed by atoms with E-state index in [2.05, 4.69) is 10.6 Å². The minimum atomic E-state index is -1.99. The number of hydrogen-bond donors (Lipinski definition) is 2. The van der Waals surface area contributed by atoms with E-state index in [9.17, 15) is 14.0 Å². The number of anilines is 1. The van der Waals surface area contributed by atoms with Crippen molar-refractivity contribution in [2.24, 2.45) is 0 Å². The van der Waals surface area contributed by atoms with Crippen molar-refractivity contribution in [2.45, 2.75) is 16.9 Å². The fraction of sp³-hybridized carbons (Fsp3) is 0.294. The van der Waals surface area contributed by atoms with E-state index in [-0.39, 0.29) is 12.2 Å². The number of carbonyl (C=O) groups is 2. The first-order valence-corrected chi connectivity index (χ1v) is 9.81. The molecule has 0 spiro atoms. The fourth-order valence-electron chi connectivity index (χ4n) is 2.23. The van der Waals surface area contributed by atoms with Crippen LogP contribution in [-0.4, -0.2) is 35.1 Å². The third-order valence-electron chi connectivity index (χ3n) is 3.38. The molecule has 1 aromatic carbocycles. The van der Waals surface area contributed by atoms with Crippen molar-refractivity contribution in [1.29, 1.82) is 0 Å². The lowest BCUT2D eigenvalue weighted by molar-refractivity contribution is -0.122. The van der Waals surface area contributed by atoms with Crippen LogP contribution < -0.4 is 10.6 Å². The Kier molecular flexibility index (Phi) is 7.73. The average Bonchev–Trinajstić information content (AvgIpc) is 3.05. The van der Waals surface area contributed by atoms with Crippen LogP contribution in [0, 0.1) is 0 Å². The second-order valence-corrected chi connectivity index (χ2v) is 8.51. The smallest absolute Gasteiger partial charge is 0.341 e. The zero-order valence-electron chi connectivity index (χ0n) is 14.1. The SMILES string of the molecule is CCOC(=O)c1c(-c2ccccc2)csc1N[C@H](NC(=O)CF)C(Cl)(Cl)Cl. The summed E-state index contributed by atoms with van der Waals surface area (Å²) in [6, 6.07) is 9.20. The minimum absolute atomic E-state index is 0.175. The van der Waals surface area contributed by atoms with Gasteiger partial charge in [0.1, 0.15) is 16.7 Å². The van der Waals surface area contributed by atoms with Crippen LogP contribution in [0.1, 0.15) is 17.3 Å². The molecule has 2 aromatic rings. The van der Waals surface area contributed by atoms with E-state index in [0.29, 0.717) is 10.6 Å². The van der Waals surface area contributed by atoms with E-state index in [4.69, 9.17) is 39.5 Å². The molecule has 1 atom stereocenters. The highest BCUT2D eigenvalue weighted by molar-refractivity contribution is 7.15. The first-order chi connectivity index (χ1) is 12.8. The van der Waals surface area contributed by atoms with E-state index in [1.807, 2.05) is 30.3 Å². The van der Waals surface area contributed by atoms with E-state index < -0.39 is 28.5 Å². The van der Waals surface area contributed by atoms with Crippen LogP contribution in [0.5, 0.6) is 0 Å². The lowest BCUT2D eigenvalue weighted by Crippen LogP contribution is -2.49. The summed E-state index contributed by atoms with van der Waals surface area (Å²) < 4.78 is 15.7. The van der Waals surface area contributed by atoms with E-state index >= 15 is 0 Å². The number of amides is 1. The van der Waals surface area contributed by atoms with Crippen molar-refractivity contribution >= 4 is 63.0 Å². The summed E-state index contributed by atoms with van der Waals surface area (Å²) in [5.74, 6) is -1.53. The Balaban J connectivity index is 2.44. The molecular formula is C17H16Cl3FN2O3S. The first-order valence-electron chi connectivity index (χ1n) is 7.80. The topological polar surface area (TPSA) is 67.4 Å². The summed E-state index contributed by atoms with van der Waals surface area (Å²) >= 11 is 18.8. The fourth-order valence-corrected chi connectivity index (χ4v) is 3.54. The monoisotopic (exact) mass is 452 g/mol. The standard InChI is InChI=1S/C17H16Cl3FN2O3S/c1-2-26-15(25)13-11(10-6-4-3-5-7-10)9-27-14(13)23-16(17(18,19)20)22-12(24)8-21/h3-7,9,16,23H,2,8H2,1H3,(H,22,24)/t16-/m0/s1. The lowest BCUT2D eigenvalue weighted by atomic mass is 10.0. The Bertz CT molecular complexity index is 796. The van der Waals surface area contributed by atoms with E-state index in [0.717, 1.165) is 5.56 Å². The highest BCUT2D eigenvalue weighted by Crippen LogP contribution is 2.39. The third kappa shape index (κ3) is 5.72. The Hall–Kier alpha value is -1.54. The molecule has 2 N–H and O–H groups in total. The molecule has 0 saturated carbocycles. The molecule has 5 nitrogen and oxygen atoms in total. The third-order valence-corrected chi connectivity index (χ3v) is 4.95. The van der Waals surface area contributed by atoms with Gasteiger partial charge in [-0.1, -0.05) is 65.1 Å². The molecule has 0 unspecified atom stereocenters. The molecule has 2 rings (SSSR count). The summed E-state index contributed by atoms with van der Waals surface area (Å²) in [5, 5.41) is 7.11. The zero-order valence-corrected chi connectivity index (χ0v) is 17.2. The number of rotatable bonds is 7. The van der Waals surface area contributed by atoms with Gasteiger partial charge in [-0.15, -0.1) is 11.3 Å². The van der Waals surface area contributed by atoms with Crippen molar-refractivity contribution in [3.8, 4) is 11.1 Å². The van der Waals surface area contributed by atoms with Gasteiger partial charge in [0.05, 0.1) is 6.61 Å². The number of ether oxygens (including phenoxy) is 1. The number of hydrogen-bond acceptors (Lipinski definition) is 5. The van der Waals surface area contributed by atoms with Crippen LogP contribution in [-0.2, 0) is 9.53 Å². The highest BCUT2D eigenvalue weighted by Gasteiger charge is 2.36. The van der Waals surface area contributed by atoms with Crippen LogP contribution in [0.3, 0.4) is 0 Å². The number of carbonyl (C=O) groups excluding carboxylic acids is 2. The molecule has 0 radical (unpaired) electrons. The molecule has 1 heterocycles. The zero-order chi connectivity index (χ0) is 20.0. The molecule has 146 valence electrons. The van der Waals surface area contributed by atoms with Gasteiger partial charge in [0.15, 0.2) is 6.67 Å². The first kappa shape index (κ1) is 21.8. The molecule has 27 heavy (non-hydrogen) atoms. The van der Waals surface area contributed by atoms with Crippen LogP contribution >= 0.6 is 46.1 Å². The minimum Gasteiger partial charge on any atom is -0.462 e. The molecule has 1 amide bonds. The van der Waals surface area contributed by atoms with Crippen molar-refractivity contribution < 1.29 is 18.7 Å². The van der Waals surface area contributed by atoms with Crippen LogP contribution in [0.25, 0.3) is 11.1 Å². The van der Waals surface area contributed by atoms with E-state index in [1.165, 1.54) is 11.3 Å². The Morgan fingerprint density at radius 1 is 1.26 bits per heavy atom. The Morgan fingerprint density at radius 3 is 2.48 bits per heavy atom. The highest BCUT2D eigenvalue weighted by atomic mass is 35.6. The van der Waals surface area contributed by atoms with Crippen molar-refractivity contribution in [3.63, 3.8) is 0 Å². The summed E-state index contributed by atoms with van der Waals surface area (Å²) in [7, 11) is 0. The average molecular weight is 454 g/mol. The summed E-state index contributed by atoms with van der Waals surface area (Å²) in [5.41, 5.74) is 1.66. The number of benzene rings is 1. The van der Waals surface area contributed by atoms with Gasteiger partial charge >= 0.3 is 5.97 Å². The van der Waals surface area contributed by atoms with Crippen LogP contribution in [0.4, 0.5) is 9.39 Å². The van der Waals surface area contributed by atoms with Gasteiger partial charge in [0, 0.05) is 10.9 Å². The Labute approximate surface area is 174 Å². The maximum Gasteiger partial charge on any atom is 0.341 e. The number of alkyl halides is 4. The van der Waals surface area contributed by atoms with Gasteiger partial charge in [-0.3, -0.25) is 4.79 Å². The predicted molar refractivity (Wildman–Crippen MR) is 108 cm³/mol. The van der Waals surface area contributed by atoms with Crippen molar-refractivity contribution in [3.05, 3.63) is 41.3 Å². The van der Waals surface area contributed by atoms with Gasteiger partial charge < -0.3 is 15.4 Å². The second-order valence-electron chi connectivity index (χ2n) is 5.26. The lowest BCUT2D eigenvalue weighted by Gasteiger charge is -2.26. The summed E-state index contributed by atoms with van der Waals surface area (Å²) in [4.78, 5) is 23.9. The quantitative estimate of drug-likeness (QED) is 0.359. The van der Waals surface area contributed by atoms with Gasteiger partial charge in [-0.05, 0) is 12.5 Å². The van der Waals surface area contributed by atoms with Gasteiger partial charge in [0.2, 0.25) is 3.79 Å². The molecular weight excluding hydrogens is 438 g/mol. The largest absolute Gasteiger partial charge is 0.462 e. The number of thiophene rings is 1. The molecule has 0 aliphatic carbocycles. The molecule has 10 heteroatoms. The van der Waals surface area contributed by atoms with Gasteiger partial charge in [0.25, 0.3) is 5.91 Å². The van der Waals surface area contributed by atoms with Gasteiger partial charge in [-0.25, -0.2) is 9.18 Å². The Morgan fingerprint density at radius 2 is 1.93 bits per heavy atom. The number of nitrogens with one attached hydrogen (secondary N) is 2. The predicted octanol–water partition coefficient (Wildman–Crippen LogP) is 4.79. The second kappa shape index (κ2) is 9.59. The summed E-state index contributed by atoms with van der Waals surface area (Å²) in [6.07, 6.45) is -1.26. The van der Waals surface area contributed by atoms with Crippen LogP contribution in [0.15, 0.2) is 35.7 Å². The molecule has 0 aliphatic heterocycles. The molecule has 0 aliphatic rings. The van der Waals surface area contributed by atoms with Crippen LogP contribution in [0.2, 0.25) is 0 Å². The molecule has 0 fully saturated rings. The van der Waals surface area contributed by atoms with Gasteiger partial charge in [-0.2, -0.15) is 0 Å². The molecule has 1 aromatic heterocycles. The number of halogens is 4. The normalized spacial score (nSPS) is 12.3. The number of esters is 1. The molecule has 0 saturated heterocycles.